The molecule has 1 N–H and O–H groups in total. The monoisotopic (exact) mass is 295 g/mol. The van der Waals surface area contributed by atoms with Crippen molar-refractivity contribution >= 4 is 5.97 Å². The second-order valence-electron chi connectivity index (χ2n) is 3.70. The fourth-order valence-corrected chi connectivity index (χ4v) is 1.36. The molecule has 1 aromatic carbocycles. The van der Waals surface area contributed by atoms with Crippen LogP contribution in [0.15, 0.2) is 6.07 Å². The molecule has 1 unspecified atom stereocenters. The summed E-state index contributed by atoms with van der Waals surface area (Å²) in [5.74, 6) is -8.43. The molecule has 1 aromatic rings. The van der Waals surface area contributed by atoms with E-state index in [2.05, 4.69) is 14.8 Å². The highest BCUT2D eigenvalue weighted by molar-refractivity contribution is 5.75. The SMILES string of the molecule is CCOC(=O)C(COc1c(F)c(F)cc(F)c1F)NC. The Morgan fingerprint density at radius 1 is 1.25 bits per heavy atom. The molecule has 1 rings (SSSR count). The van der Waals surface area contributed by atoms with E-state index in [9.17, 15) is 22.4 Å². The minimum atomic E-state index is -1.66. The van der Waals surface area contributed by atoms with Crippen LogP contribution >= 0.6 is 0 Å². The second kappa shape index (κ2) is 7.09. The first-order valence-electron chi connectivity index (χ1n) is 5.72. The van der Waals surface area contributed by atoms with E-state index in [4.69, 9.17) is 0 Å². The molecule has 0 saturated carbocycles. The van der Waals surface area contributed by atoms with Crippen molar-refractivity contribution in [3.05, 3.63) is 29.3 Å². The quantitative estimate of drug-likeness (QED) is 0.494. The molecule has 0 fully saturated rings. The standard InChI is InChI=1S/C12H13F4NO3/c1-3-19-12(18)8(17-2)5-20-11-9(15)6(13)4-7(14)10(11)16/h4,8,17H,3,5H2,1-2H3. The number of hydrogen-bond acceptors (Lipinski definition) is 4. The molecule has 0 saturated heterocycles. The number of halogens is 4. The minimum absolute atomic E-state index is 0.0679. The Labute approximate surface area is 112 Å². The predicted molar refractivity (Wildman–Crippen MR) is 61.2 cm³/mol. The zero-order valence-corrected chi connectivity index (χ0v) is 10.8. The van der Waals surface area contributed by atoms with Gasteiger partial charge in [-0.2, -0.15) is 8.78 Å². The Morgan fingerprint density at radius 2 is 1.80 bits per heavy atom. The van der Waals surface area contributed by atoms with Crippen molar-refractivity contribution in [3.8, 4) is 5.75 Å². The zero-order chi connectivity index (χ0) is 15.3. The van der Waals surface area contributed by atoms with Crippen LogP contribution in [0.3, 0.4) is 0 Å². The van der Waals surface area contributed by atoms with Crippen LogP contribution in [0.5, 0.6) is 5.75 Å². The fourth-order valence-electron chi connectivity index (χ4n) is 1.36. The molecule has 0 spiro atoms. The maximum Gasteiger partial charge on any atom is 0.326 e. The first-order valence-corrected chi connectivity index (χ1v) is 5.72. The molecule has 0 aromatic heterocycles. The maximum absolute atomic E-state index is 13.3. The van der Waals surface area contributed by atoms with E-state index in [1.165, 1.54) is 7.05 Å². The minimum Gasteiger partial charge on any atom is -0.485 e. The molecule has 0 aliphatic heterocycles. The van der Waals surface area contributed by atoms with Crippen LogP contribution in [0.2, 0.25) is 0 Å². The van der Waals surface area contributed by atoms with Crippen molar-refractivity contribution in [2.24, 2.45) is 0 Å². The highest BCUT2D eigenvalue weighted by atomic mass is 19.2. The van der Waals surface area contributed by atoms with E-state index in [-0.39, 0.29) is 12.7 Å². The summed E-state index contributed by atoms with van der Waals surface area (Å²) in [6.07, 6.45) is 0. The molecule has 112 valence electrons. The van der Waals surface area contributed by atoms with Crippen LogP contribution < -0.4 is 10.1 Å². The summed E-state index contributed by atoms with van der Waals surface area (Å²) < 4.78 is 61.8. The van der Waals surface area contributed by atoms with Crippen molar-refractivity contribution < 1.29 is 31.8 Å². The van der Waals surface area contributed by atoms with E-state index in [0.717, 1.165) is 0 Å². The first kappa shape index (κ1) is 16.2. The van der Waals surface area contributed by atoms with Crippen LogP contribution in [0.4, 0.5) is 17.6 Å². The molecule has 0 amide bonds. The molecular weight excluding hydrogens is 282 g/mol. The largest absolute Gasteiger partial charge is 0.485 e. The average molecular weight is 295 g/mol. The van der Waals surface area contributed by atoms with Gasteiger partial charge < -0.3 is 14.8 Å². The highest BCUT2D eigenvalue weighted by Gasteiger charge is 2.24. The molecule has 8 heteroatoms. The van der Waals surface area contributed by atoms with Crippen molar-refractivity contribution in [2.45, 2.75) is 13.0 Å². The Balaban J connectivity index is 2.86. The number of nitrogens with one attached hydrogen (secondary N) is 1. The third-order valence-electron chi connectivity index (χ3n) is 2.39. The number of rotatable bonds is 6. The smallest absolute Gasteiger partial charge is 0.326 e. The summed E-state index contributed by atoms with van der Waals surface area (Å²) in [6.45, 7) is 1.13. The van der Waals surface area contributed by atoms with Gasteiger partial charge in [0.25, 0.3) is 0 Å². The number of carbonyl (C=O) groups is 1. The van der Waals surface area contributed by atoms with E-state index < -0.39 is 47.6 Å². The first-order chi connectivity index (χ1) is 9.42. The van der Waals surface area contributed by atoms with Gasteiger partial charge in [-0.05, 0) is 14.0 Å². The molecule has 20 heavy (non-hydrogen) atoms. The number of benzene rings is 1. The molecule has 0 radical (unpaired) electrons. The summed E-state index contributed by atoms with van der Waals surface area (Å²) in [5, 5.41) is 2.49. The Kier molecular flexibility index (Phi) is 5.75. The summed E-state index contributed by atoms with van der Waals surface area (Å²) in [7, 11) is 1.39. The van der Waals surface area contributed by atoms with Gasteiger partial charge in [-0.1, -0.05) is 0 Å². The van der Waals surface area contributed by atoms with Gasteiger partial charge in [0.2, 0.25) is 11.6 Å². The number of carbonyl (C=O) groups excluding carboxylic acids is 1. The average Bonchev–Trinajstić information content (AvgIpc) is 2.41. The summed E-state index contributed by atoms with van der Waals surface area (Å²) in [4.78, 5) is 11.4. The number of hydrogen-bond donors (Lipinski definition) is 1. The molecule has 1 atom stereocenters. The molecule has 0 bridgehead atoms. The van der Waals surface area contributed by atoms with E-state index in [0.29, 0.717) is 0 Å². The molecular formula is C12H13F4NO3. The van der Waals surface area contributed by atoms with Crippen LogP contribution in [0, 0.1) is 23.3 Å². The number of likely N-dealkylation sites (N-methyl/N-ethyl adjacent to an activating group) is 1. The van der Waals surface area contributed by atoms with Crippen molar-refractivity contribution in [2.75, 3.05) is 20.3 Å². The van der Waals surface area contributed by atoms with E-state index in [1.54, 1.807) is 6.92 Å². The van der Waals surface area contributed by atoms with Gasteiger partial charge in [0.1, 0.15) is 12.6 Å². The molecule has 0 aliphatic rings. The van der Waals surface area contributed by atoms with Crippen LogP contribution in [0.1, 0.15) is 6.92 Å². The van der Waals surface area contributed by atoms with Crippen LogP contribution in [-0.2, 0) is 9.53 Å². The van der Waals surface area contributed by atoms with E-state index >= 15 is 0 Å². The molecule has 0 heterocycles. The summed E-state index contributed by atoms with van der Waals surface area (Å²) >= 11 is 0. The lowest BCUT2D eigenvalue weighted by Crippen LogP contribution is -2.40. The summed E-state index contributed by atoms with van der Waals surface area (Å²) in [5.41, 5.74) is 0. The Hall–Kier alpha value is -1.83. The van der Waals surface area contributed by atoms with Gasteiger partial charge in [0.05, 0.1) is 6.61 Å². The Morgan fingerprint density at radius 3 is 2.25 bits per heavy atom. The second-order valence-corrected chi connectivity index (χ2v) is 3.70. The lowest BCUT2D eigenvalue weighted by atomic mass is 10.3. The molecule has 4 nitrogen and oxygen atoms in total. The third-order valence-corrected chi connectivity index (χ3v) is 2.39. The zero-order valence-electron chi connectivity index (χ0n) is 10.8. The van der Waals surface area contributed by atoms with Crippen molar-refractivity contribution in [1.29, 1.82) is 0 Å². The lowest BCUT2D eigenvalue weighted by Gasteiger charge is -2.16. The Bertz CT molecular complexity index is 470. The van der Waals surface area contributed by atoms with Gasteiger partial charge in [0, 0.05) is 6.07 Å². The number of ether oxygens (including phenoxy) is 2. The fraction of sp³-hybridized carbons (Fsp3) is 0.417. The van der Waals surface area contributed by atoms with Crippen LogP contribution in [-0.4, -0.2) is 32.3 Å². The number of esters is 1. The van der Waals surface area contributed by atoms with Crippen LogP contribution in [0.25, 0.3) is 0 Å². The van der Waals surface area contributed by atoms with Gasteiger partial charge in [-0.15, -0.1) is 0 Å². The van der Waals surface area contributed by atoms with Gasteiger partial charge in [-0.25, -0.2) is 8.78 Å². The highest BCUT2D eigenvalue weighted by Crippen LogP contribution is 2.26. The summed E-state index contributed by atoms with van der Waals surface area (Å²) in [6, 6.07) is -0.960. The van der Waals surface area contributed by atoms with Crippen molar-refractivity contribution in [1.82, 2.24) is 5.32 Å². The van der Waals surface area contributed by atoms with Gasteiger partial charge in [-0.3, -0.25) is 4.79 Å². The molecule has 0 aliphatic carbocycles. The van der Waals surface area contributed by atoms with Gasteiger partial charge >= 0.3 is 5.97 Å². The predicted octanol–water partition coefficient (Wildman–Crippen LogP) is 1.77. The normalized spacial score (nSPS) is 12.1. The van der Waals surface area contributed by atoms with Crippen molar-refractivity contribution in [3.63, 3.8) is 0 Å². The van der Waals surface area contributed by atoms with Gasteiger partial charge in [0.15, 0.2) is 17.4 Å². The maximum atomic E-state index is 13.3. The lowest BCUT2D eigenvalue weighted by molar-refractivity contribution is -0.146. The van der Waals surface area contributed by atoms with E-state index in [1.807, 2.05) is 0 Å². The topological polar surface area (TPSA) is 47.6 Å². The third kappa shape index (κ3) is 3.60.